The van der Waals surface area contributed by atoms with E-state index in [1.165, 1.54) is 0 Å². The number of rotatable bonds is 3. The Bertz CT molecular complexity index is 212. The van der Waals surface area contributed by atoms with Crippen molar-refractivity contribution in [1.82, 2.24) is 9.71 Å². The average Bonchev–Trinajstić information content (AvgIpc) is 2.04. The summed E-state index contributed by atoms with van der Waals surface area (Å²) in [5.41, 5.74) is 1.13. The van der Waals surface area contributed by atoms with Crippen molar-refractivity contribution in [2.24, 2.45) is 0 Å². The van der Waals surface area contributed by atoms with Crippen molar-refractivity contribution in [2.75, 3.05) is 7.05 Å². The standard InChI is InChI=1S/C7H10N2OS/c1-6-3-4-7(9-5-6)10-11-8-2/h3-5,8H,1-2H3. The fourth-order valence-corrected chi connectivity index (χ4v) is 0.855. The number of nitrogens with zero attached hydrogens (tertiary/aromatic N) is 1. The summed E-state index contributed by atoms with van der Waals surface area (Å²) in [6.45, 7) is 1.99. The second kappa shape index (κ2) is 4.20. The van der Waals surface area contributed by atoms with Crippen LogP contribution in [0.2, 0.25) is 0 Å². The minimum atomic E-state index is 0.620. The summed E-state index contributed by atoms with van der Waals surface area (Å²) < 4.78 is 7.89. The van der Waals surface area contributed by atoms with Gasteiger partial charge in [-0.1, -0.05) is 6.07 Å². The van der Waals surface area contributed by atoms with E-state index < -0.39 is 0 Å². The minimum absolute atomic E-state index is 0.620. The lowest BCUT2D eigenvalue weighted by Crippen LogP contribution is -1.96. The van der Waals surface area contributed by atoms with Crippen LogP contribution in [0.25, 0.3) is 0 Å². The Morgan fingerprint density at radius 3 is 2.91 bits per heavy atom. The zero-order chi connectivity index (χ0) is 8.10. The van der Waals surface area contributed by atoms with E-state index in [1.807, 2.05) is 19.1 Å². The molecule has 1 N–H and O–H groups in total. The molecule has 3 nitrogen and oxygen atoms in total. The maximum atomic E-state index is 5.10. The van der Waals surface area contributed by atoms with Crippen LogP contribution in [0.3, 0.4) is 0 Å². The first kappa shape index (κ1) is 8.36. The van der Waals surface area contributed by atoms with E-state index in [0.717, 1.165) is 17.8 Å². The molecular weight excluding hydrogens is 160 g/mol. The molecule has 0 aliphatic rings. The van der Waals surface area contributed by atoms with Gasteiger partial charge in [-0.15, -0.1) is 0 Å². The lowest BCUT2D eigenvalue weighted by Gasteiger charge is -1.99. The van der Waals surface area contributed by atoms with Gasteiger partial charge in [0.1, 0.15) is 12.2 Å². The van der Waals surface area contributed by atoms with Crippen LogP contribution >= 0.6 is 12.2 Å². The SMILES string of the molecule is CNSOc1ccc(C)cn1. The Morgan fingerprint density at radius 1 is 1.55 bits per heavy atom. The molecule has 0 radical (unpaired) electrons. The summed E-state index contributed by atoms with van der Waals surface area (Å²) in [6.07, 6.45) is 1.77. The Balaban J connectivity index is 2.52. The predicted octanol–water partition coefficient (Wildman–Crippen LogP) is 1.55. The van der Waals surface area contributed by atoms with E-state index in [-0.39, 0.29) is 0 Å². The molecule has 0 aliphatic carbocycles. The van der Waals surface area contributed by atoms with E-state index >= 15 is 0 Å². The van der Waals surface area contributed by atoms with Crippen LogP contribution in [-0.4, -0.2) is 12.0 Å². The molecule has 0 aromatic carbocycles. The Hall–Kier alpha value is -0.740. The van der Waals surface area contributed by atoms with Crippen molar-refractivity contribution in [3.05, 3.63) is 23.9 Å². The fourth-order valence-electron chi connectivity index (χ4n) is 0.588. The molecule has 60 valence electrons. The highest BCUT2D eigenvalue weighted by Crippen LogP contribution is 2.10. The summed E-state index contributed by atoms with van der Waals surface area (Å²) >= 11 is 1.15. The highest BCUT2D eigenvalue weighted by atomic mass is 32.2. The van der Waals surface area contributed by atoms with Crippen molar-refractivity contribution < 1.29 is 4.18 Å². The molecule has 0 atom stereocenters. The Labute approximate surface area is 70.5 Å². The number of aryl methyl sites for hydroxylation is 1. The molecule has 0 amide bonds. The third-order valence-corrected chi connectivity index (χ3v) is 1.52. The van der Waals surface area contributed by atoms with Gasteiger partial charge in [0, 0.05) is 12.3 Å². The summed E-state index contributed by atoms with van der Waals surface area (Å²) in [5, 5.41) is 0. The van der Waals surface area contributed by atoms with Crippen LogP contribution < -0.4 is 8.91 Å². The molecule has 4 heteroatoms. The van der Waals surface area contributed by atoms with Crippen LogP contribution in [0.1, 0.15) is 5.56 Å². The van der Waals surface area contributed by atoms with E-state index in [1.54, 1.807) is 13.2 Å². The van der Waals surface area contributed by atoms with Gasteiger partial charge < -0.3 is 4.18 Å². The van der Waals surface area contributed by atoms with E-state index in [9.17, 15) is 0 Å². The highest BCUT2D eigenvalue weighted by molar-refractivity contribution is 7.93. The van der Waals surface area contributed by atoms with Gasteiger partial charge in [-0.2, -0.15) is 0 Å². The van der Waals surface area contributed by atoms with Gasteiger partial charge in [-0.05, 0) is 19.5 Å². The monoisotopic (exact) mass is 170 g/mol. The molecule has 0 unspecified atom stereocenters. The second-order valence-corrected chi connectivity index (χ2v) is 2.79. The second-order valence-electron chi connectivity index (χ2n) is 2.04. The molecule has 1 rings (SSSR count). The quantitative estimate of drug-likeness (QED) is 0.551. The molecule has 0 aliphatic heterocycles. The Kier molecular flexibility index (Phi) is 3.19. The number of nitrogens with one attached hydrogen (secondary N) is 1. The van der Waals surface area contributed by atoms with Crippen LogP contribution in [0.5, 0.6) is 5.88 Å². The molecule has 11 heavy (non-hydrogen) atoms. The maximum Gasteiger partial charge on any atom is 0.229 e. The molecular formula is C7H10N2OS. The summed E-state index contributed by atoms with van der Waals surface area (Å²) in [6, 6.07) is 3.79. The number of aromatic nitrogens is 1. The predicted molar refractivity (Wildman–Crippen MR) is 46.3 cm³/mol. The third-order valence-electron chi connectivity index (χ3n) is 1.09. The average molecular weight is 170 g/mol. The molecule has 1 aromatic heterocycles. The van der Waals surface area contributed by atoms with E-state index in [0.29, 0.717) is 5.88 Å². The minimum Gasteiger partial charge on any atom is -0.390 e. The molecule has 1 heterocycles. The molecule has 1 aromatic rings. The van der Waals surface area contributed by atoms with Gasteiger partial charge in [0.05, 0.1) is 0 Å². The lowest BCUT2D eigenvalue weighted by molar-refractivity contribution is 0.610. The van der Waals surface area contributed by atoms with Crippen molar-refractivity contribution in [3.63, 3.8) is 0 Å². The van der Waals surface area contributed by atoms with E-state index in [4.69, 9.17) is 4.18 Å². The largest absolute Gasteiger partial charge is 0.390 e. The zero-order valence-electron chi connectivity index (χ0n) is 6.50. The first-order valence-electron chi connectivity index (χ1n) is 3.26. The first-order chi connectivity index (χ1) is 5.33. The summed E-state index contributed by atoms with van der Waals surface area (Å²) in [5.74, 6) is 0.620. The Morgan fingerprint density at radius 2 is 2.36 bits per heavy atom. The molecule has 0 saturated heterocycles. The lowest BCUT2D eigenvalue weighted by atomic mass is 10.3. The van der Waals surface area contributed by atoms with Gasteiger partial charge >= 0.3 is 0 Å². The molecule has 0 fully saturated rings. The van der Waals surface area contributed by atoms with Crippen LogP contribution in [0, 0.1) is 6.92 Å². The molecule has 0 bridgehead atoms. The number of pyridine rings is 1. The summed E-state index contributed by atoms with van der Waals surface area (Å²) in [4.78, 5) is 4.03. The van der Waals surface area contributed by atoms with Gasteiger partial charge in [0.25, 0.3) is 0 Å². The van der Waals surface area contributed by atoms with Crippen LogP contribution in [-0.2, 0) is 0 Å². The van der Waals surface area contributed by atoms with Crippen LogP contribution in [0.15, 0.2) is 18.3 Å². The van der Waals surface area contributed by atoms with Crippen molar-refractivity contribution in [1.29, 1.82) is 0 Å². The first-order valence-corrected chi connectivity index (χ1v) is 4.00. The highest BCUT2D eigenvalue weighted by Gasteiger charge is 1.92. The van der Waals surface area contributed by atoms with Crippen LogP contribution in [0.4, 0.5) is 0 Å². The topological polar surface area (TPSA) is 34.1 Å². The summed E-state index contributed by atoms with van der Waals surface area (Å²) in [7, 11) is 1.79. The van der Waals surface area contributed by atoms with E-state index in [2.05, 4.69) is 9.71 Å². The normalized spacial score (nSPS) is 9.64. The number of hydrogen-bond donors (Lipinski definition) is 1. The van der Waals surface area contributed by atoms with Crippen molar-refractivity contribution in [2.45, 2.75) is 6.92 Å². The fraction of sp³-hybridized carbons (Fsp3) is 0.286. The van der Waals surface area contributed by atoms with Gasteiger partial charge in [0.15, 0.2) is 0 Å². The molecule has 0 spiro atoms. The van der Waals surface area contributed by atoms with Crippen molar-refractivity contribution in [3.8, 4) is 5.88 Å². The number of hydrogen-bond acceptors (Lipinski definition) is 4. The maximum absolute atomic E-state index is 5.10. The third kappa shape index (κ3) is 2.78. The van der Waals surface area contributed by atoms with Crippen molar-refractivity contribution >= 4 is 12.2 Å². The zero-order valence-corrected chi connectivity index (χ0v) is 7.31. The van der Waals surface area contributed by atoms with Gasteiger partial charge in [-0.3, -0.25) is 0 Å². The molecule has 0 saturated carbocycles. The van der Waals surface area contributed by atoms with Gasteiger partial charge in [-0.25, -0.2) is 9.71 Å². The van der Waals surface area contributed by atoms with Gasteiger partial charge in [0.2, 0.25) is 5.88 Å². The smallest absolute Gasteiger partial charge is 0.229 e.